The molecule has 1 aromatic heterocycles. The smallest absolute Gasteiger partial charge is 0.387 e. The fraction of sp³-hybridized carbons (Fsp3) is 0.389. The zero-order chi connectivity index (χ0) is 18.2. The highest BCUT2D eigenvalue weighted by Crippen LogP contribution is 2.16. The second-order valence-corrected chi connectivity index (χ2v) is 6.69. The van der Waals surface area contributed by atoms with E-state index in [0.717, 1.165) is 18.7 Å². The van der Waals surface area contributed by atoms with Gasteiger partial charge >= 0.3 is 6.61 Å². The molecule has 7 heteroatoms. The molecule has 0 unspecified atom stereocenters. The molecular formula is C18H22F2N2O2S. The number of likely N-dealkylation sites (N-methyl/N-ethyl adjacent to an activating group) is 2. The van der Waals surface area contributed by atoms with Gasteiger partial charge in [-0.1, -0.05) is 25.1 Å². The summed E-state index contributed by atoms with van der Waals surface area (Å²) in [6.45, 7) is 1.51. The molecule has 0 bridgehead atoms. The number of hydrogen-bond donors (Lipinski definition) is 0. The number of alkyl halides is 2. The Labute approximate surface area is 150 Å². The number of thiophene rings is 1. The minimum absolute atomic E-state index is 0.0197. The molecule has 25 heavy (non-hydrogen) atoms. The molecule has 1 heterocycles. The van der Waals surface area contributed by atoms with E-state index in [1.54, 1.807) is 35.4 Å². The van der Waals surface area contributed by atoms with Gasteiger partial charge in [0.25, 0.3) is 0 Å². The van der Waals surface area contributed by atoms with Gasteiger partial charge in [0.05, 0.1) is 6.54 Å². The molecule has 0 aliphatic heterocycles. The lowest BCUT2D eigenvalue weighted by Crippen LogP contribution is -2.37. The van der Waals surface area contributed by atoms with Crippen molar-refractivity contribution >= 4 is 17.2 Å². The van der Waals surface area contributed by atoms with Gasteiger partial charge in [0.1, 0.15) is 5.75 Å². The summed E-state index contributed by atoms with van der Waals surface area (Å²) >= 11 is 1.68. The highest BCUT2D eigenvalue weighted by atomic mass is 32.1. The summed E-state index contributed by atoms with van der Waals surface area (Å²) in [5.74, 6) is 0.132. The summed E-state index contributed by atoms with van der Waals surface area (Å²) < 4.78 is 28.6. The zero-order valence-corrected chi connectivity index (χ0v) is 15.1. The van der Waals surface area contributed by atoms with Gasteiger partial charge in [0.2, 0.25) is 5.91 Å². The van der Waals surface area contributed by atoms with Crippen LogP contribution in [0.4, 0.5) is 8.78 Å². The summed E-state index contributed by atoms with van der Waals surface area (Å²) in [5, 5.41) is 2.03. The van der Waals surface area contributed by atoms with E-state index in [2.05, 4.69) is 15.7 Å². The zero-order valence-electron chi connectivity index (χ0n) is 14.3. The van der Waals surface area contributed by atoms with Crippen LogP contribution in [-0.2, 0) is 17.9 Å². The van der Waals surface area contributed by atoms with Crippen LogP contribution in [0.25, 0.3) is 0 Å². The Morgan fingerprint density at radius 3 is 2.48 bits per heavy atom. The van der Waals surface area contributed by atoms with Crippen molar-refractivity contribution in [3.05, 3.63) is 52.2 Å². The average molecular weight is 368 g/mol. The van der Waals surface area contributed by atoms with Crippen LogP contribution in [0, 0.1) is 0 Å². The first-order chi connectivity index (χ1) is 12.0. The topological polar surface area (TPSA) is 32.8 Å². The van der Waals surface area contributed by atoms with Crippen molar-refractivity contribution in [2.45, 2.75) is 26.6 Å². The van der Waals surface area contributed by atoms with Crippen LogP contribution in [0.5, 0.6) is 5.75 Å². The third-order valence-electron chi connectivity index (χ3n) is 3.76. The van der Waals surface area contributed by atoms with Crippen molar-refractivity contribution < 1.29 is 18.3 Å². The number of halogens is 2. The van der Waals surface area contributed by atoms with Crippen LogP contribution in [0.3, 0.4) is 0 Å². The summed E-state index contributed by atoms with van der Waals surface area (Å²) in [6, 6.07) is 10.4. The molecule has 2 aromatic rings. The molecule has 0 spiro atoms. The number of rotatable bonds is 9. The van der Waals surface area contributed by atoms with Crippen LogP contribution in [0.2, 0.25) is 0 Å². The fourth-order valence-electron chi connectivity index (χ4n) is 2.35. The van der Waals surface area contributed by atoms with Crippen molar-refractivity contribution in [1.82, 2.24) is 9.80 Å². The van der Waals surface area contributed by atoms with Crippen LogP contribution in [0.1, 0.15) is 17.4 Å². The van der Waals surface area contributed by atoms with Crippen molar-refractivity contribution in [3.8, 4) is 5.75 Å². The van der Waals surface area contributed by atoms with Crippen LogP contribution < -0.4 is 4.74 Å². The molecule has 1 amide bonds. The molecule has 0 saturated heterocycles. The van der Waals surface area contributed by atoms with Crippen molar-refractivity contribution in [1.29, 1.82) is 0 Å². The first-order valence-electron chi connectivity index (χ1n) is 8.00. The molecular weight excluding hydrogens is 346 g/mol. The number of amides is 1. The summed E-state index contributed by atoms with van der Waals surface area (Å²) in [5.41, 5.74) is 0.860. The maximum atomic E-state index is 12.4. The van der Waals surface area contributed by atoms with Crippen molar-refractivity contribution in [3.63, 3.8) is 0 Å². The molecule has 0 aliphatic carbocycles. The van der Waals surface area contributed by atoms with E-state index in [1.165, 1.54) is 17.0 Å². The maximum Gasteiger partial charge on any atom is 0.387 e. The van der Waals surface area contributed by atoms with Gasteiger partial charge in [0.15, 0.2) is 0 Å². The van der Waals surface area contributed by atoms with Gasteiger partial charge in [-0.05, 0) is 35.7 Å². The van der Waals surface area contributed by atoms with Crippen LogP contribution in [0.15, 0.2) is 41.8 Å². The Morgan fingerprint density at radius 1 is 1.20 bits per heavy atom. The summed E-state index contributed by atoms with van der Waals surface area (Å²) in [7, 11) is 1.74. The lowest BCUT2D eigenvalue weighted by molar-refractivity contribution is -0.131. The van der Waals surface area contributed by atoms with Gasteiger partial charge in [0, 0.05) is 25.0 Å². The van der Waals surface area contributed by atoms with Crippen molar-refractivity contribution in [2.24, 2.45) is 0 Å². The predicted octanol–water partition coefficient (Wildman–Crippen LogP) is 3.83. The van der Waals surface area contributed by atoms with E-state index in [1.807, 2.05) is 18.4 Å². The largest absolute Gasteiger partial charge is 0.435 e. The summed E-state index contributed by atoms with van der Waals surface area (Å²) in [6.07, 6.45) is 0. The fourth-order valence-corrected chi connectivity index (χ4v) is 3.10. The van der Waals surface area contributed by atoms with Crippen LogP contribution in [-0.4, -0.2) is 42.5 Å². The summed E-state index contributed by atoms with van der Waals surface area (Å²) in [4.78, 5) is 17.4. The molecule has 4 nitrogen and oxygen atoms in total. The van der Waals surface area contributed by atoms with Crippen molar-refractivity contribution in [2.75, 3.05) is 20.1 Å². The predicted molar refractivity (Wildman–Crippen MR) is 94.8 cm³/mol. The second kappa shape index (κ2) is 9.48. The van der Waals surface area contributed by atoms with Crippen LogP contribution >= 0.6 is 11.3 Å². The molecule has 0 fully saturated rings. The second-order valence-electron chi connectivity index (χ2n) is 5.65. The Hall–Kier alpha value is -1.99. The van der Waals surface area contributed by atoms with E-state index in [0.29, 0.717) is 13.1 Å². The monoisotopic (exact) mass is 368 g/mol. The number of carbonyl (C=O) groups excluding carboxylic acids is 1. The number of nitrogens with zero attached hydrogens (tertiary/aromatic N) is 2. The number of hydrogen-bond acceptors (Lipinski definition) is 4. The lowest BCUT2D eigenvalue weighted by Gasteiger charge is -2.23. The Kier molecular flexibility index (Phi) is 7.33. The molecule has 2 rings (SSSR count). The van der Waals surface area contributed by atoms with E-state index in [4.69, 9.17) is 0 Å². The normalized spacial score (nSPS) is 11.1. The molecule has 0 aliphatic rings. The first kappa shape index (κ1) is 19.3. The molecule has 1 aromatic carbocycles. The minimum Gasteiger partial charge on any atom is -0.435 e. The average Bonchev–Trinajstić information content (AvgIpc) is 3.08. The van der Waals surface area contributed by atoms with E-state index >= 15 is 0 Å². The maximum absolute atomic E-state index is 12.4. The van der Waals surface area contributed by atoms with Gasteiger partial charge in [-0.15, -0.1) is 11.3 Å². The quantitative estimate of drug-likeness (QED) is 0.674. The molecule has 0 radical (unpaired) electrons. The van der Waals surface area contributed by atoms with E-state index in [-0.39, 0.29) is 11.7 Å². The Balaban J connectivity index is 1.86. The lowest BCUT2D eigenvalue weighted by atomic mass is 10.2. The Morgan fingerprint density at radius 2 is 1.92 bits per heavy atom. The molecule has 136 valence electrons. The number of ether oxygens (including phenoxy) is 1. The van der Waals surface area contributed by atoms with E-state index in [9.17, 15) is 13.6 Å². The Bertz CT molecular complexity index is 648. The molecule has 0 N–H and O–H groups in total. The number of carbonyl (C=O) groups is 1. The molecule has 0 atom stereocenters. The number of benzene rings is 1. The third-order valence-corrected chi connectivity index (χ3v) is 4.62. The van der Waals surface area contributed by atoms with Gasteiger partial charge in [-0.2, -0.15) is 8.78 Å². The van der Waals surface area contributed by atoms with Gasteiger partial charge in [-0.3, -0.25) is 9.69 Å². The third kappa shape index (κ3) is 6.43. The highest BCUT2D eigenvalue weighted by molar-refractivity contribution is 7.09. The standard InChI is InChI=1S/C18H22F2N2O2S/c1-3-22(12-16-5-4-10-25-16)13-17(23)21(2)11-14-6-8-15(9-7-14)24-18(19)20/h4-10,18H,3,11-13H2,1-2H3. The van der Waals surface area contributed by atoms with Gasteiger partial charge in [-0.25, -0.2) is 0 Å². The van der Waals surface area contributed by atoms with E-state index < -0.39 is 6.61 Å². The SMILES string of the molecule is CCN(CC(=O)N(C)Cc1ccc(OC(F)F)cc1)Cc1cccs1. The first-order valence-corrected chi connectivity index (χ1v) is 8.88. The minimum atomic E-state index is -2.83. The highest BCUT2D eigenvalue weighted by Gasteiger charge is 2.14. The molecule has 0 saturated carbocycles. The van der Waals surface area contributed by atoms with Gasteiger partial charge < -0.3 is 9.64 Å².